The predicted octanol–water partition coefficient (Wildman–Crippen LogP) is 3.95. The second kappa shape index (κ2) is 6.52. The maximum Gasteiger partial charge on any atom is 0.189 e. The molecule has 3 nitrogen and oxygen atoms in total. The second-order valence-electron chi connectivity index (χ2n) is 5.62. The summed E-state index contributed by atoms with van der Waals surface area (Å²) < 4.78 is 13.9. The number of aromatic amines is 1. The molecular weight excluding hydrogens is 315 g/mol. The van der Waals surface area contributed by atoms with Gasteiger partial charge in [-0.15, -0.1) is 0 Å². The topological polar surface area (TPSA) is 36.1 Å². The Morgan fingerprint density at radius 3 is 2.61 bits per heavy atom. The van der Waals surface area contributed by atoms with Crippen LogP contribution in [0.2, 0.25) is 5.02 Å². The summed E-state index contributed by atoms with van der Waals surface area (Å²) in [5.74, 6) is -0.415. The smallest absolute Gasteiger partial charge is 0.189 e. The lowest BCUT2D eigenvalue weighted by atomic mass is 10.1. The molecule has 0 spiro atoms. The zero-order chi connectivity index (χ0) is 16.4. The van der Waals surface area contributed by atoms with Gasteiger partial charge in [0.15, 0.2) is 5.43 Å². The number of hydrogen-bond acceptors (Lipinski definition) is 2. The molecule has 0 bridgehead atoms. The highest BCUT2D eigenvalue weighted by Crippen LogP contribution is 2.15. The molecule has 0 radical (unpaired) electrons. The fourth-order valence-electron chi connectivity index (χ4n) is 2.62. The number of pyridine rings is 1. The van der Waals surface area contributed by atoms with Crippen molar-refractivity contribution in [2.75, 3.05) is 7.05 Å². The summed E-state index contributed by atoms with van der Waals surface area (Å²) in [6.45, 7) is 1.22. The zero-order valence-corrected chi connectivity index (χ0v) is 13.4. The van der Waals surface area contributed by atoms with Crippen molar-refractivity contribution >= 4 is 22.5 Å². The lowest BCUT2D eigenvalue weighted by molar-refractivity contribution is 0.315. The van der Waals surface area contributed by atoms with E-state index >= 15 is 0 Å². The summed E-state index contributed by atoms with van der Waals surface area (Å²) in [7, 11) is 1.94. The third-order valence-corrected chi connectivity index (χ3v) is 3.93. The molecule has 23 heavy (non-hydrogen) atoms. The van der Waals surface area contributed by atoms with Crippen LogP contribution in [0.1, 0.15) is 11.3 Å². The Hall–Kier alpha value is -2.17. The molecule has 1 N–H and O–H groups in total. The number of H-pyrrole nitrogens is 1. The normalized spacial score (nSPS) is 11.3. The van der Waals surface area contributed by atoms with Crippen molar-refractivity contribution in [1.82, 2.24) is 9.88 Å². The minimum Gasteiger partial charge on any atom is -0.355 e. The lowest BCUT2D eigenvalue weighted by Crippen LogP contribution is -2.19. The van der Waals surface area contributed by atoms with Crippen molar-refractivity contribution in [3.63, 3.8) is 0 Å². The van der Waals surface area contributed by atoms with Gasteiger partial charge in [0.1, 0.15) is 5.82 Å². The van der Waals surface area contributed by atoms with Crippen LogP contribution in [0.3, 0.4) is 0 Å². The van der Waals surface area contributed by atoms with Crippen LogP contribution in [-0.4, -0.2) is 16.9 Å². The third-order valence-electron chi connectivity index (χ3n) is 3.68. The molecule has 0 unspecified atom stereocenters. The van der Waals surface area contributed by atoms with E-state index in [9.17, 15) is 9.18 Å². The van der Waals surface area contributed by atoms with E-state index in [2.05, 4.69) is 4.98 Å². The number of aromatic nitrogens is 1. The Morgan fingerprint density at radius 1 is 1.13 bits per heavy atom. The quantitative estimate of drug-likeness (QED) is 0.786. The molecule has 1 aromatic heterocycles. The molecule has 0 amide bonds. The van der Waals surface area contributed by atoms with Gasteiger partial charge >= 0.3 is 0 Å². The Balaban J connectivity index is 1.82. The van der Waals surface area contributed by atoms with Gasteiger partial charge in [0, 0.05) is 35.3 Å². The van der Waals surface area contributed by atoms with Crippen molar-refractivity contribution < 1.29 is 4.39 Å². The van der Waals surface area contributed by atoms with Crippen LogP contribution in [0, 0.1) is 5.82 Å². The van der Waals surface area contributed by atoms with Gasteiger partial charge in [-0.05, 0) is 36.9 Å². The fourth-order valence-corrected chi connectivity index (χ4v) is 2.75. The number of rotatable bonds is 4. The lowest BCUT2D eigenvalue weighted by Gasteiger charge is -2.17. The number of halogens is 2. The predicted molar refractivity (Wildman–Crippen MR) is 91.1 cm³/mol. The van der Waals surface area contributed by atoms with E-state index in [-0.39, 0.29) is 10.9 Å². The SMILES string of the molecule is CN(Cc1ccc(Cl)cc1)Cc1cc(=O)c2cccc(F)c2[nH]1. The maximum absolute atomic E-state index is 13.9. The molecule has 118 valence electrons. The Bertz CT molecular complexity index is 890. The number of nitrogens with zero attached hydrogens (tertiary/aromatic N) is 1. The summed E-state index contributed by atoms with van der Waals surface area (Å²) in [5.41, 5.74) is 1.89. The average Bonchev–Trinajstić information content (AvgIpc) is 2.51. The van der Waals surface area contributed by atoms with Crippen LogP contribution >= 0.6 is 11.6 Å². The Kier molecular flexibility index (Phi) is 4.46. The van der Waals surface area contributed by atoms with Gasteiger partial charge in [0.2, 0.25) is 0 Å². The van der Waals surface area contributed by atoms with Crippen molar-refractivity contribution in [1.29, 1.82) is 0 Å². The molecule has 1 heterocycles. The highest BCUT2D eigenvalue weighted by Gasteiger charge is 2.08. The van der Waals surface area contributed by atoms with E-state index in [1.807, 2.05) is 36.2 Å². The first-order valence-electron chi connectivity index (χ1n) is 7.26. The molecule has 3 aromatic rings. The van der Waals surface area contributed by atoms with Crippen LogP contribution in [0.15, 0.2) is 53.3 Å². The number of hydrogen-bond donors (Lipinski definition) is 1. The van der Waals surface area contributed by atoms with Crippen molar-refractivity contribution in [2.45, 2.75) is 13.1 Å². The molecular formula is C18H16ClFN2O. The van der Waals surface area contributed by atoms with Gasteiger partial charge < -0.3 is 4.98 Å². The van der Waals surface area contributed by atoms with Gasteiger partial charge in [-0.2, -0.15) is 0 Å². The van der Waals surface area contributed by atoms with Gasteiger partial charge in [-0.1, -0.05) is 29.8 Å². The fraction of sp³-hybridized carbons (Fsp3) is 0.167. The first-order valence-corrected chi connectivity index (χ1v) is 7.64. The molecule has 2 aromatic carbocycles. The van der Waals surface area contributed by atoms with Crippen LogP contribution in [0.25, 0.3) is 10.9 Å². The third kappa shape index (κ3) is 3.60. The summed E-state index contributed by atoms with van der Waals surface area (Å²) in [6.07, 6.45) is 0. The molecule has 3 rings (SSSR count). The number of benzene rings is 2. The summed E-state index contributed by atoms with van der Waals surface area (Å²) in [4.78, 5) is 17.2. The molecule has 0 fully saturated rings. The maximum atomic E-state index is 13.9. The van der Waals surface area contributed by atoms with E-state index in [0.29, 0.717) is 29.2 Å². The number of nitrogens with one attached hydrogen (secondary N) is 1. The van der Waals surface area contributed by atoms with E-state index in [0.717, 1.165) is 5.56 Å². The highest BCUT2D eigenvalue weighted by atomic mass is 35.5. The molecule has 0 saturated carbocycles. The first-order chi connectivity index (χ1) is 11.0. The highest BCUT2D eigenvalue weighted by molar-refractivity contribution is 6.30. The van der Waals surface area contributed by atoms with Crippen LogP contribution in [0.5, 0.6) is 0 Å². The number of fused-ring (bicyclic) bond motifs is 1. The summed E-state index contributed by atoms with van der Waals surface area (Å²) in [5, 5.41) is 1.07. The van der Waals surface area contributed by atoms with Crippen molar-refractivity contribution in [3.8, 4) is 0 Å². The zero-order valence-electron chi connectivity index (χ0n) is 12.6. The molecule has 0 aliphatic rings. The standard InChI is InChI=1S/C18H16ClFN2O/c1-22(10-12-5-7-13(19)8-6-12)11-14-9-17(23)15-3-2-4-16(20)18(15)21-14/h2-9H,10-11H2,1H3,(H,21,23). The summed E-state index contributed by atoms with van der Waals surface area (Å²) >= 11 is 5.88. The van der Waals surface area contributed by atoms with Crippen molar-refractivity contribution in [3.05, 3.63) is 80.9 Å². The average molecular weight is 331 g/mol. The summed E-state index contributed by atoms with van der Waals surface area (Å²) in [6, 6.07) is 13.6. The molecule has 0 aliphatic carbocycles. The monoisotopic (exact) mass is 330 g/mol. The van der Waals surface area contributed by atoms with Gasteiger partial charge in [0.25, 0.3) is 0 Å². The van der Waals surface area contributed by atoms with E-state index in [1.54, 1.807) is 12.1 Å². The van der Waals surface area contributed by atoms with E-state index in [4.69, 9.17) is 11.6 Å². The molecule has 0 aliphatic heterocycles. The Labute approximate surface area is 138 Å². The second-order valence-corrected chi connectivity index (χ2v) is 6.06. The minimum absolute atomic E-state index is 0.173. The largest absolute Gasteiger partial charge is 0.355 e. The van der Waals surface area contributed by atoms with Crippen molar-refractivity contribution in [2.24, 2.45) is 0 Å². The number of para-hydroxylation sites is 1. The Morgan fingerprint density at radius 2 is 1.87 bits per heavy atom. The minimum atomic E-state index is -0.415. The van der Waals surface area contributed by atoms with Crippen LogP contribution in [0.4, 0.5) is 4.39 Å². The van der Waals surface area contributed by atoms with E-state index < -0.39 is 5.82 Å². The van der Waals surface area contributed by atoms with Gasteiger partial charge in [-0.3, -0.25) is 9.69 Å². The molecule has 0 saturated heterocycles. The van der Waals surface area contributed by atoms with Crippen LogP contribution < -0.4 is 5.43 Å². The van der Waals surface area contributed by atoms with E-state index in [1.165, 1.54) is 12.1 Å². The molecule has 5 heteroatoms. The van der Waals surface area contributed by atoms with Gasteiger partial charge in [-0.25, -0.2) is 4.39 Å². The first kappa shape index (κ1) is 15.7. The van der Waals surface area contributed by atoms with Gasteiger partial charge in [0.05, 0.1) is 5.52 Å². The molecule has 0 atom stereocenters. The van der Waals surface area contributed by atoms with Crippen LogP contribution in [-0.2, 0) is 13.1 Å².